The smallest absolute Gasteiger partial charge is 0.276 e. The molecule has 3 rings (SSSR count). The molecule has 0 saturated heterocycles. The number of para-hydroxylation sites is 1. The van der Waals surface area contributed by atoms with Crippen LogP contribution in [-0.2, 0) is 6.42 Å². The van der Waals surface area contributed by atoms with E-state index < -0.39 is 0 Å². The van der Waals surface area contributed by atoms with Crippen LogP contribution < -0.4 is 10.2 Å². The van der Waals surface area contributed by atoms with Crippen LogP contribution in [0.4, 0.5) is 11.5 Å². The SMILES string of the molecule is CC(C)Nc1cccc(C(=O)N2CCCc3ccccc32)n1. The molecule has 0 radical (unpaired) electrons. The van der Waals surface area contributed by atoms with E-state index in [1.807, 2.05) is 35.2 Å². The van der Waals surface area contributed by atoms with Gasteiger partial charge >= 0.3 is 0 Å². The molecule has 0 unspecified atom stereocenters. The van der Waals surface area contributed by atoms with Crippen molar-refractivity contribution in [3.8, 4) is 0 Å². The zero-order valence-corrected chi connectivity index (χ0v) is 13.0. The molecule has 1 amide bonds. The van der Waals surface area contributed by atoms with Crippen molar-refractivity contribution in [2.24, 2.45) is 0 Å². The van der Waals surface area contributed by atoms with Crippen LogP contribution in [0.15, 0.2) is 42.5 Å². The Labute approximate surface area is 131 Å². The number of nitrogens with one attached hydrogen (secondary N) is 1. The molecule has 1 N–H and O–H groups in total. The molecule has 4 heteroatoms. The van der Waals surface area contributed by atoms with E-state index in [4.69, 9.17) is 0 Å². The maximum atomic E-state index is 12.8. The fraction of sp³-hybridized carbons (Fsp3) is 0.333. The Bertz CT molecular complexity index is 682. The molecule has 1 aromatic heterocycles. The van der Waals surface area contributed by atoms with Crippen molar-refractivity contribution in [3.05, 3.63) is 53.7 Å². The maximum absolute atomic E-state index is 12.8. The molecule has 0 fully saturated rings. The van der Waals surface area contributed by atoms with Gasteiger partial charge in [0.25, 0.3) is 5.91 Å². The lowest BCUT2D eigenvalue weighted by Gasteiger charge is -2.29. The number of carbonyl (C=O) groups is 1. The first kappa shape index (κ1) is 14.6. The van der Waals surface area contributed by atoms with Gasteiger partial charge in [0.05, 0.1) is 0 Å². The minimum absolute atomic E-state index is 0.0282. The van der Waals surface area contributed by atoms with Crippen LogP contribution >= 0.6 is 0 Å². The quantitative estimate of drug-likeness (QED) is 0.942. The summed E-state index contributed by atoms with van der Waals surface area (Å²) in [5, 5.41) is 3.24. The molecule has 0 atom stereocenters. The fourth-order valence-corrected chi connectivity index (χ4v) is 2.81. The Kier molecular flexibility index (Phi) is 4.09. The van der Waals surface area contributed by atoms with E-state index in [-0.39, 0.29) is 11.9 Å². The average Bonchev–Trinajstić information content (AvgIpc) is 2.53. The molecule has 114 valence electrons. The molecule has 0 spiro atoms. The number of carbonyl (C=O) groups excluding carboxylic acids is 1. The lowest BCUT2D eigenvalue weighted by atomic mass is 10.0. The second-order valence-corrected chi connectivity index (χ2v) is 5.90. The number of aromatic nitrogens is 1. The third-order valence-corrected chi connectivity index (χ3v) is 3.76. The molecular weight excluding hydrogens is 274 g/mol. The Morgan fingerprint density at radius 2 is 2.00 bits per heavy atom. The van der Waals surface area contributed by atoms with Crippen LogP contribution in [-0.4, -0.2) is 23.5 Å². The largest absolute Gasteiger partial charge is 0.368 e. The van der Waals surface area contributed by atoms with Gasteiger partial charge in [-0.1, -0.05) is 24.3 Å². The van der Waals surface area contributed by atoms with Crippen molar-refractivity contribution in [1.29, 1.82) is 0 Å². The van der Waals surface area contributed by atoms with Gasteiger partial charge in [-0.3, -0.25) is 4.79 Å². The molecular formula is C18H21N3O. The predicted molar refractivity (Wildman–Crippen MR) is 89.4 cm³/mol. The lowest BCUT2D eigenvalue weighted by Crippen LogP contribution is -2.36. The van der Waals surface area contributed by atoms with Gasteiger partial charge in [0, 0.05) is 18.3 Å². The van der Waals surface area contributed by atoms with Crippen LogP contribution in [0.1, 0.15) is 36.3 Å². The summed E-state index contributed by atoms with van der Waals surface area (Å²) in [6.45, 7) is 4.85. The third kappa shape index (κ3) is 2.96. The van der Waals surface area contributed by atoms with Crippen LogP contribution in [0.3, 0.4) is 0 Å². The van der Waals surface area contributed by atoms with E-state index in [2.05, 4.69) is 30.2 Å². The monoisotopic (exact) mass is 295 g/mol. The number of benzene rings is 1. The molecule has 1 aromatic carbocycles. The predicted octanol–water partition coefficient (Wildman–Crippen LogP) is 3.49. The summed E-state index contributed by atoms with van der Waals surface area (Å²) in [4.78, 5) is 19.1. The van der Waals surface area contributed by atoms with E-state index >= 15 is 0 Å². The number of hydrogen-bond donors (Lipinski definition) is 1. The zero-order valence-electron chi connectivity index (χ0n) is 13.0. The number of pyridine rings is 1. The van der Waals surface area contributed by atoms with Crippen LogP contribution in [0.25, 0.3) is 0 Å². The number of hydrogen-bond acceptors (Lipinski definition) is 3. The highest BCUT2D eigenvalue weighted by atomic mass is 16.2. The summed E-state index contributed by atoms with van der Waals surface area (Å²) in [7, 11) is 0. The van der Waals surface area contributed by atoms with E-state index in [9.17, 15) is 4.79 Å². The van der Waals surface area contributed by atoms with Gasteiger partial charge in [-0.15, -0.1) is 0 Å². The standard InChI is InChI=1S/C18H21N3O/c1-13(2)19-17-11-5-9-15(20-17)18(22)21-12-6-8-14-7-3-4-10-16(14)21/h3-5,7,9-11,13H,6,8,12H2,1-2H3,(H,19,20). The van der Waals surface area contributed by atoms with E-state index in [1.54, 1.807) is 6.07 Å². The molecule has 0 aliphatic carbocycles. The van der Waals surface area contributed by atoms with Crippen molar-refractivity contribution < 1.29 is 4.79 Å². The maximum Gasteiger partial charge on any atom is 0.276 e. The highest BCUT2D eigenvalue weighted by Crippen LogP contribution is 2.27. The summed E-state index contributed by atoms with van der Waals surface area (Å²) >= 11 is 0. The first-order valence-electron chi connectivity index (χ1n) is 7.78. The summed E-state index contributed by atoms with van der Waals surface area (Å²) in [6.07, 6.45) is 2.02. The molecule has 1 aliphatic rings. The average molecular weight is 295 g/mol. The number of anilines is 2. The van der Waals surface area contributed by atoms with Gasteiger partial charge in [0.2, 0.25) is 0 Å². The van der Waals surface area contributed by atoms with Crippen LogP contribution in [0.5, 0.6) is 0 Å². The van der Waals surface area contributed by atoms with Crippen LogP contribution in [0.2, 0.25) is 0 Å². The number of nitrogens with zero attached hydrogens (tertiary/aromatic N) is 2. The zero-order chi connectivity index (χ0) is 15.5. The van der Waals surface area contributed by atoms with Crippen molar-refractivity contribution >= 4 is 17.4 Å². The van der Waals surface area contributed by atoms with Crippen LogP contribution in [0, 0.1) is 0 Å². The Morgan fingerprint density at radius 3 is 2.82 bits per heavy atom. The normalized spacial score (nSPS) is 13.9. The minimum Gasteiger partial charge on any atom is -0.368 e. The van der Waals surface area contributed by atoms with Crippen molar-refractivity contribution in [1.82, 2.24) is 4.98 Å². The summed E-state index contributed by atoms with van der Waals surface area (Å²) < 4.78 is 0. The number of amides is 1. The van der Waals surface area contributed by atoms with Gasteiger partial charge in [0.1, 0.15) is 11.5 Å². The van der Waals surface area contributed by atoms with E-state index in [0.29, 0.717) is 5.69 Å². The molecule has 0 bridgehead atoms. The first-order valence-corrected chi connectivity index (χ1v) is 7.78. The lowest BCUT2D eigenvalue weighted by molar-refractivity contribution is 0.0980. The molecule has 22 heavy (non-hydrogen) atoms. The molecule has 2 heterocycles. The number of rotatable bonds is 3. The van der Waals surface area contributed by atoms with Gasteiger partial charge < -0.3 is 10.2 Å². The number of aryl methyl sites for hydroxylation is 1. The molecule has 4 nitrogen and oxygen atoms in total. The summed E-state index contributed by atoms with van der Waals surface area (Å²) in [5.41, 5.74) is 2.74. The fourth-order valence-electron chi connectivity index (χ4n) is 2.81. The Balaban J connectivity index is 1.89. The highest BCUT2D eigenvalue weighted by molar-refractivity contribution is 6.05. The number of fused-ring (bicyclic) bond motifs is 1. The second kappa shape index (κ2) is 6.18. The first-order chi connectivity index (χ1) is 10.6. The topological polar surface area (TPSA) is 45.2 Å². The molecule has 2 aromatic rings. The van der Waals surface area contributed by atoms with E-state index in [0.717, 1.165) is 30.9 Å². The van der Waals surface area contributed by atoms with E-state index in [1.165, 1.54) is 5.56 Å². The Hall–Kier alpha value is -2.36. The third-order valence-electron chi connectivity index (χ3n) is 3.76. The van der Waals surface area contributed by atoms with Gasteiger partial charge in [-0.05, 0) is 50.5 Å². The molecule has 0 saturated carbocycles. The van der Waals surface area contributed by atoms with Crippen molar-refractivity contribution in [2.75, 3.05) is 16.8 Å². The second-order valence-electron chi connectivity index (χ2n) is 5.90. The highest BCUT2D eigenvalue weighted by Gasteiger charge is 2.24. The van der Waals surface area contributed by atoms with Crippen molar-refractivity contribution in [2.45, 2.75) is 32.7 Å². The van der Waals surface area contributed by atoms with Crippen molar-refractivity contribution in [3.63, 3.8) is 0 Å². The van der Waals surface area contributed by atoms with Gasteiger partial charge in [-0.2, -0.15) is 0 Å². The molecule has 1 aliphatic heterocycles. The van der Waals surface area contributed by atoms with Gasteiger partial charge in [-0.25, -0.2) is 4.98 Å². The Morgan fingerprint density at radius 1 is 1.18 bits per heavy atom. The summed E-state index contributed by atoms with van der Waals surface area (Å²) in [6, 6.07) is 14.0. The summed E-state index contributed by atoms with van der Waals surface area (Å²) in [5.74, 6) is 0.714. The minimum atomic E-state index is -0.0282. The van der Waals surface area contributed by atoms with Gasteiger partial charge in [0.15, 0.2) is 0 Å².